The summed E-state index contributed by atoms with van der Waals surface area (Å²) in [7, 11) is 1.80. The van der Waals surface area contributed by atoms with Crippen molar-refractivity contribution in [2.45, 2.75) is 25.7 Å². The van der Waals surface area contributed by atoms with Crippen LogP contribution in [0.4, 0.5) is 0 Å². The van der Waals surface area contributed by atoms with E-state index in [0.717, 1.165) is 41.9 Å². The molecule has 0 saturated carbocycles. The number of amides is 1. The van der Waals surface area contributed by atoms with E-state index in [9.17, 15) is 4.79 Å². The van der Waals surface area contributed by atoms with E-state index >= 15 is 0 Å². The van der Waals surface area contributed by atoms with Gasteiger partial charge < -0.3 is 9.88 Å². The Balaban J connectivity index is 1.58. The second-order valence-corrected chi connectivity index (χ2v) is 6.98. The lowest BCUT2D eigenvalue weighted by Crippen LogP contribution is -2.39. The van der Waals surface area contributed by atoms with Gasteiger partial charge >= 0.3 is 0 Å². The number of para-hydroxylation sites is 2. The number of H-pyrrole nitrogens is 1. The number of nitrogens with one attached hydrogen (secondary N) is 1. The topological polar surface area (TPSA) is 66.8 Å². The maximum absolute atomic E-state index is 12.9. The van der Waals surface area contributed by atoms with E-state index in [-0.39, 0.29) is 11.8 Å². The van der Waals surface area contributed by atoms with Crippen LogP contribution in [0.25, 0.3) is 11.0 Å². The van der Waals surface area contributed by atoms with E-state index < -0.39 is 0 Å². The molecule has 1 aromatic carbocycles. The summed E-state index contributed by atoms with van der Waals surface area (Å²) in [6.45, 7) is 3.21. The number of likely N-dealkylation sites (tertiary alicyclic amines) is 1. The standard InChI is InChI=1S/C18H20ClN5O/c1-11-15(19)16(22-23(11)2)18(25)24-9-5-6-12(10-24)17-20-13-7-3-4-8-14(13)21-17/h3-4,7-8,12H,5-6,9-10H2,1-2H3,(H,20,21)/t12-/m0/s1. The van der Waals surface area contributed by atoms with Gasteiger partial charge in [-0.15, -0.1) is 0 Å². The first-order valence-corrected chi connectivity index (χ1v) is 8.85. The number of benzene rings is 1. The van der Waals surface area contributed by atoms with Crippen LogP contribution in [0.2, 0.25) is 5.02 Å². The monoisotopic (exact) mass is 357 g/mol. The number of aromatic amines is 1. The molecule has 6 nitrogen and oxygen atoms in total. The zero-order valence-electron chi connectivity index (χ0n) is 14.3. The van der Waals surface area contributed by atoms with Gasteiger partial charge in [-0.1, -0.05) is 23.7 Å². The van der Waals surface area contributed by atoms with Crippen molar-refractivity contribution < 1.29 is 4.79 Å². The largest absolute Gasteiger partial charge is 0.342 e. The fraction of sp³-hybridized carbons (Fsp3) is 0.389. The molecule has 0 aliphatic carbocycles. The first-order valence-electron chi connectivity index (χ1n) is 8.47. The molecule has 3 aromatic rings. The summed E-state index contributed by atoms with van der Waals surface area (Å²) >= 11 is 6.29. The number of imidazole rings is 1. The highest BCUT2D eigenvalue weighted by molar-refractivity contribution is 6.34. The van der Waals surface area contributed by atoms with Crippen LogP contribution in [-0.4, -0.2) is 43.6 Å². The molecule has 7 heteroatoms. The smallest absolute Gasteiger partial charge is 0.275 e. The number of fused-ring (bicyclic) bond motifs is 1. The van der Waals surface area contributed by atoms with Crippen LogP contribution in [-0.2, 0) is 7.05 Å². The second kappa shape index (κ2) is 6.19. The number of halogens is 1. The molecule has 1 saturated heterocycles. The summed E-state index contributed by atoms with van der Waals surface area (Å²) in [4.78, 5) is 22.8. The maximum Gasteiger partial charge on any atom is 0.275 e. The first-order chi connectivity index (χ1) is 12.0. The summed E-state index contributed by atoms with van der Waals surface area (Å²) in [6.07, 6.45) is 1.95. The molecule has 1 amide bonds. The molecule has 2 aromatic heterocycles. The van der Waals surface area contributed by atoms with Crippen molar-refractivity contribution in [3.8, 4) is 0 Å². The molecule has 1 atom stereocenters. The Hall–Kier alpha value is -2.34. The van der Waals surface area contributed by atoms with E-state index in [0.29, 0.717) is 17.3 Å². The predicted octanol–water partition coefficient (Wildman–Crippen LogP) is 3.28. The molecule has 25 heavy (non-hydrogen) atoms. The molecular weight excluding hydrogens is 338 g/mol. The van der Waals surface area contributed by atoms with Crippen molar-refractivity contribution in [1.29, 1.82) is 0 Å². The fourth-order valence-corrected chi connectivity index (χ4v) is 3.66. The average Bonchev–Trinajstić information content (AvgIpc) is 3.18. The van der Waals surface area contributed by atoms with Gasteiger partial charge in [-0.05, 0) is 31.9 Å². The Kier molecular flexibility index (Phi) is 4.00. The van der Waals surface area contributed by atoms with Gasteiger partial charge in [0.1, 0.15) is 5.82 Å². The summed E-state index contributed by atoms with van der Waals surface area (Å²) < 4.78 is 1.65. The number of rotatable bonds is 2. The molecule has 0 spiro atoms. The molecule has 4 rings (SSSR count). The van der Waals surface area contributed by atoms with Crippen LogP contribution >= 0.6 is 11.6 Å². The van der Waals surface area contributed by atoms with E-state index in [1.54, 1.807) is 11.7 Å². The quantitative estimate of drug-likeness (QED) is 0.765. The van der Waals surface area contributed by atoms with Gasteiger partial charge in [-0.2, -0.15) is 5.10 Å². The minimum Gasteiger partial charge on any atom is -0.342 e. The highest BCUT2D eigenvalue weighted by Crippen LogP contribution is 2.29. The summed E-state index contributed by atoms with van der Waals surface area (Å²) in [5, 5.41) is 4.73. The van der Waals surface area contributed by atoms with E-state index in [1.165, 1.54) is 0 Å². The number of carbonyl (C=O) groups excluding carboxylic acids is 1. The van der Waals surface area contributed by atoms with Crippen molar-refractivity contribution in [2.75, 3.05) is 13.1 Å². The number of aryl methyl sites for hydroxylation is 1. The van der Waals surface area contributed by atoms with Crippen LogP contribution in [0, 0.1) is 6.92 Å². The predicted molar refractivity (Wildman–Crippen MR) is 96.9 cm³/mol. The van der Waals surface area contributed by atoms with Gasteiger partial charge in [0.25, 0.3) is 5.91 Å². The number of piperidine rings is 1. The van der Waals surface area contributed by atoms with Gasteiger partial charge in [0, 0.05) is 26.1 Å². The lowest BCUT2D eigenvalue weighted by Gasteiger charge is -2.31. The van der Waals surface area contributed by atoms with E-state index in [2.05, 4.69) is 10.1 Å². The number of hydrogen-bond donors (Lipinski definition) is 1. The summed E-state index contributed by atoms with van der Waals surface area (Å²) in [5.41, 5.74) is 3.14. The SMILES string of the molecule is Cc1c(Cl)c(C(=O)N2CCC[C@H](c3nc4ccccc4[nH]3)C2)nn1C. The molecule has 0 bridgehead atoms. The molecule has 0 radical (unpaired) electrons. The van der Waals surface area contributed by atoms with Crippen LogP contribution in [0.1, 0.15) is 40.8 Å². The highest BCUT2D eigenvalue weighted by atomic mass is 35.5. The Labute approximate surface area is 150 Å². The van der Waals surface area contributed by atoms with Crippen molar-refractivity contribution in [1.82, 2.24) is 24.6 Å². The van der Waals surface area contributed by atoms with Crippen LogP contribution in [0.15, 0.2) is 24.3 Å². The van der Waals surface area contributed by atoms with Gasteiger partial charge in [-0.25, -0.2) is 4.98 Å². The third-order valence-electron chi connectivity index (χ3n) is 4.97. The number of aromatic nitrogens is 4. The summed E-state index contributed by atoms with van der Waals surface area (Å²) in [6, 6.07) is 7.99. The molecule has 3 heterocycles. The Morgan fingerprint density at radius 2 is 2.16 bits per heavy atom. The molecule has 1 N–H and O–H groups in total. The molecule has 1 aliphatic rings. The van der Waals surface area contributed by atoms with Crippen molar-refractivity contribution in [3.63, 3.8) is 0 Å². The highest BCUT2D eigenvalue weighted by Gasteiger charge is 2.30. The zero-order chi connectivity index (χ0) is 17.6. The van der Waals surface area contributed by atoms with Crippen molar-refractivity contribution >= 4 is 28.5 Å². The molecule has 1 fully saturated rings. The van der Waals surface area contributed by atoms with Gasteiger partial charge in [0.15, 0.2) is 5.69 Å². The Morgan fingerprint density at radius 3 is 2.88 bits per heavy atom. The van der Waals surface area contributed by atoms with Crippen LogP contribution < -0.4 is 0 Å². The normalized spacial score (nSPS) is 18.0. The van der Waals surface area contributed by atoms with E-state index in [1.807, 2.05) is 36.1 Å². The molecule has 130 valence electrons. The zero-order valence-corrected chi connectivity index (χ0v) is 15.0. The first kappa shape index (κ1) is 16.1. The number of hydrogen-bond acceptors (Lipinski definition) is 3. The van der Waals surface area contributed by atoms with Crippen LogP contribution in [0.5, 0.6) is 0 Å². The van der Waals surface area contributed by atoms with Gasteiger partial charge in [0.2, 0.25) is 0 Å². The third kappa shape index (κ3) is 2.80. The van der Waals surface area contributed by atoms with Gasteiger partial charge in [0.05, 0.1) is 21.7 Å². The molecule has 1 aliphatic heterocycles. The van der Waals surface area contributed by atoms with Crippen molar-refractivity contribution in [2.24, 2.45) is 7.05 Å². The van der Waals surface area contributed by atoms with E-state index in [4.69, 9.17) is 16.6 Å². The third-order valence-corrected chi connectivity index (χ3v) is 5.42. The van der Waals surface area contributed by atoms with Gasteiger partial charge in [-0.3, -0.25) is 9.48 Å². The lowest BCUT2D eigenvalue weighted by atomic mass is 9.97. The molecular formula is C18H20ClN5O. The summed E-state index contributed by atoms with van der Waals surface area (Å²) in [5.74, 6) is 1.05. The average molecular weight is 358 g/mol. The number of nitrogens with zero attached hydrogens (tertiary/aromatic N) is 4. The lowest BCUT2D eigenvalue weighted by molar-refractivity contribution is 0.0698. The Morgan fingerprint density at radius 1 is 1.36 bits per heavy atom. The minimum absolute atomic E-state index is 0.102. The minimum atomic E-state index is -0.102. The number of carbonyl (C=O) groups is 1. The molecule has 0 unspecified atom stereocenters. The second-order valence-electron chi connectivity index (χ2n) is 6.60. The maximum atomic E-state index is 12.9. The Bertz CT molecular complexity index is 911. The van der Waals surface area contributed by atoms with Crippen LogP contribution in [0.3, 0.4) is 0 Å². The fourth-order valence-electron chi connectivity index (χ4n) is 3.42. The van der Waals surface area contributed by atoms with Crippen molar-refractivity contribution in [3.05, 3.63) is 46.5 Å².